The zero-order valence-corrected chi connectivity index (χ0v) is 19.4. The fourth-order valence-corrected chi connectivity index (χ4v) is 4.88. The number of amides is 1. The summed E-state index contributed by atoms with van der Waals surface area (Å²) in [6, 6.07) is 9.69. The van der Waals surface area contributed by atoms with Crippen molar-refractivity contribution in [1.29, 1.82) is 0 Å². The highest BCUT2D eigenvalue weighted by Crippen LogP contribution is 2.35. The maximum atomic E-state index is 13.6. The molecule has 1 atom stereocenters. The molecule has 0 unspecified atom stereocenters. The zero-order chi connectivity index (χ0) is 22.9. The van der Waals surface area contributed by atoms with Crippen LogP contribution in [0.15, 0.2) is 34.9 Å². The molecule has 2 aromatic heterocycles. The van der Waals surface area contributed by atoms with E-state index in [1.165, 1.54) is 0 Å². The van der Waals surface area contributed by atoms with E-state index in [9.17, 15) is 4.79 Å². The van der Waals surface area contributed by atoms with Crippen LogP contribution in [0.4, 0.5) is 0 Å². The Hall–Kier alpha value is -3.13. The number of carbonyl (C=O) groups excluding carboxylic acids is 1. The number of nitrogens with zero attached hydrogens (tertiary/aromatic N) is 4. The smallest absolute Gasteiger partial charge is 0.256 e. The molecule has 2 fully saturated rings. The fraction of sp³-hybridized carbons (Fsp3) is 0.480. The van der Waals surface area contributed by atoms with Gasteiger partial charge in [0.15, 0.2) is 5.82 Å². The lowest BCUT2D eigenvalue weighted by atomic mass is 10.00. The molecule has 0 aliphatic carbocycles. The van der Waals surface area contributed by atoms with Gasteiger partial charge in [-0.15, -0.1) is 0 Å². The summed E-state index contributed by atoms with van der Waals surface area (Å²) < 4.78 is 18.4. The number of benzene rings is 1. The molecule has 174 valence electrons. The fourth-order valence-electron chi connectivity index (χ4n) is 4.88. The van der Waals surface area contributed by atoms with Crippen LogP contribution in [0.5, 0.6) is 5.75 Å². The predicted molar refractivity (Wildman–Crippen MR) is 122 cm³/mol. The molecular formula is C25H30N4O4. The first-order valence-electron chi connectivity index (χ1n) is 11.6. The molecule has 3 aromatic rings. The van der Waals surface area contributed by atoms with E-state index >= 15 is 0 Å². The van der Waals surface area contributed by atoms with Gasteiger partial charge in [0.25, 0.3) is 5.91 Å². The monoisotopic (exact) mass is 450 g/mol. The van der Waals surface area contributed by atoms with Crippen molar-refractivity contribution >= 4 is 5.91 Å². The summed E-state index contributed by atoms with van der Waals surface area (Å²) in [4.78, 5) is 20.2. The van der Waals surface area contributed by atoms with Crippen molar-refractivity contribution in [2.24, 2.45) is 7.05 Å². The SMILES string of the molecule is COc1ccc(-c2cc(C(=O)N3CCC[C@H]3c3nc(C4CCOCC4)no3)c(C)n2C)cc1. The number of likely N-dealkylation sites (tertiary alicyclic amines) is 1. The van der Waals surface area contributed by atoms with Crippen molar-refractivity contribution < 1.29 is 18.8 Å². The van der Waals surface area contributed by atoms with Gasteiger partial charge in [0.1, 0.15) is 11.8 Å². The maximum Gasteiger partial charge on any atom is 0.256 e. The third kappa shape index (κ3) is 4.04. The molecule has 0 saturated carbocycles. The second kappa shape index (κ2) is 9.02. The Morgan fingerprint density at radius 2 is 1.91 bits per heavy atom. The first-order valence-corrected chi connectivity index (χ1v) is 11.6. The normalized spacial score (nSPS) is 19.2. The topological polar surface area (TPSA) is 82.6 Å². The van der Waals surface area contributed by atoms with Crippen molar-refractivity contribution in [2.45, 2.75) is 44.6 Å². The number of hydrogen-bond donors (Lipinski definition) is 0. The lowest BCUT2D eigenvalue weighted by molar-refractivity contribution is 0.0709. The summed E-state index contributed by atoms with van der Waals surface area (Å²) >= 11 is 0. The van der Waals surface area contributed by atoms with Crippen LogP contribution >= 0.6 is 0 Å². The summed E-state index contributed by atoms with van der Waals surface area (Å²) in [5, 5.41) is 4.25. The largest absolute Gasteiger partial charge is 0.497 e. The first kappa shape index (κ1) is 21.7. The molecule has 0 spiro atoms. The first-order chi connectivity index (χ1) is 16.1. The minimum Gasteiger partial charge on any atom is -0.497 e. The van der Waals surface area contributed by atoms with Gasteiger partial charge in [0, 0.05) is 44.1 Å². The number of carbonyl (C=O) groups is 1. The summed E-state index contributed by atoms with van der Waals surface area (Å²) in [6.07, 6.45) is 3.56. The Balaban J connectivity index is 1.39. The van der Waals surface area contributed by atoms with Gasteiger partial charge in [0.05, 0.1) is 12.7 Å². The van der Waals surface area contributed by atoms with Gasteiger partial charge >= 0.3 is 0 Å². The standard InChI is InChI=1S/C25H30N4O4/c1-16-20(15-22(28(16)2)17-6-8-19(31-3)9-7-17)25(30)29-12-4-5-21(29)24-26-23(27-33-24)18-10-13-32-14-11-18/h6-9,15,18,21H,4-5,10-14H2,1-3H3/t21-/m0/s1. The molecule has 2 aliphatic heterocycles. The summed E-state index contributed by atoms with van der Waals surface area (Å²) in [7, 11) is 3.64. The average Bonchev–Trinajstić information content (AvgIpc) is 3.59. The zero-order valence-electron chi connectivity index (χ0n) is 19.4. The van der Waals surface area contributed by atoms with Gasteiger partial charge in [-0.25, -0.2) is 0 Å². The molecule has 0 bridgehead atoms. The van der Waals surface area contributed by atoms with E-state index in [1.807, 2.05) is 49.2 Å². The third-order valence-corrected chi connectivity index (χ3v) is 6.99. The lowest BCUT2D eigenvalue weighted by Gasteiger charge is -2.22. The van der Waals surface area contributed by atoms with Gasteiger partial charge in [-0.1, -0.05) is 5.16 Å². The van der Waals surface area contributed by atoms with Gasteiger partial charge in [0.2, 0.25) is 5.89 Å². The van der Waals surface area contributed by atoms with Crippen LogP contribution in [0.1, 0.15) is 65.4 Å². The van der Waals surface area contributed by atoms with Crippen LogP contribution in [0.25, 0.3) is 11.3 Å². The Morgan fingerprint density at radius 1 is 1.15 bits per heavy atom. The molecule has 1 aromatic carbocycles. The van der Waals surface area contributed by atoms with Crippen LogP contribution in [0.2, 0.25) is 0 Å². The molecule has 33 heavy (non-hydrogen) atoms. The van der Waals surface area contributed by atoms with Crippen molar-refractivity contribution in [3.63, 3.8) is 0 Å². The van der Waals surface area contributed by atoms with Gasteiger partial charge in [-0.05, 0) is 68.5 Å². The van der Waals surface area contributed by atoms with Crippen molar-refractivity contribution in [2.75, 3.05) is 26.9 Å². The molecule has 0 radical (unpaired) electrons. The summed E-state index contributed by atoms with van der Waals surface area (Å²) in [5.41, 5.74) is 3.68. The molecule has 4 heterocycles. The van der Waals surface area contributed by atoms with E-state index in [0.29, 0.717) is 18.0 Å². The third-order valence-electron chi connectivity index (χ3n) is 6.99. The van der Waals surface area contributed by atoms with Gasteiger partial charge in [-0.3, -0.25) is 4.79 Å². The van der Waals surface area contributed by atoms with E-state index < -0.39 is 0 Å². The highest BCUT2D eigenvalue weighted by atomic mass is 16.5. The van der Waals surface area contributed by atoms with E-state index in [0.717, 1.165) is 67.4 Å². The second-order valence-electron chi connectivity index (χ2n) is 8.85. The molecule has 5 rings (SSSR count). The van der Waals surface area contributed by atoms with Crippen LogP contribution in [0, 0.1) is 6.92 Å². The number of aromatic nitrogens is 3. The van der Waals surface area contributed by atoms with Crippen molar-refractivity contribution in [3.05, 3.63) is 53.3 Å². The van der Waals surface area contributed by atoms with Crippen LogP contribution in [0.3, 0.4) is 0 Å². The second-order valence-corrected chi connectivity index (χ2v) is 8.85. The van der Waals surface area contributed by atoms with Crippen LogP contribution < -0.4 is 4.74 Å². The molecular weight excluding hydrogens is 420 g/mol. The van der Waals surface area contributed by atoms with E-state index in [4.69, 9.17) is 19.0 Å². The Kier molecular flexibility index (Phi) is 5.93. The maximum absolute atomic E-state index is 13.6. The molecule has 8 nitrogen and oxygen atoms in total. The minimum absolute atomic E-state index is 0.0104. The average molecular weight is 451 g/mol. The number of hydrogen-bond acceptors (Lipinski definition) is 6. The molecule has 8 heteroatoms. The minimum atomic E-state index is -0.178. The Labute approximate surface area is 193 Å². The number of ether oxygens (including phenoxy) is 2. The Morgan fingerprint density at radius 3 is 2.64 bits per heavy atom. The van der Waals surface area contributed by atoms with Gasteiger partial charge < -0.3 is 23.5 Å². The summed E-state index contributed by atoms with van der Waals surface area (Å²) in [6.45, 7) is 4.13. The van der Waals surface area contributed by atoms with E-state index in [2.05, 4.69) is 9.72 Å². The predicted octanol–water partition coefficient (Wildman–Crippen LogP) is 4.26. The van der Waals surface area contributed by atoms with Crippen molar-refractivity contribution in [3.8, 4) is 17.0 Å². The quantitative estimate of drug-likeness (QED) is 0.578. The lowest BCUT2D eigenvalue weighted by Crippen LogP contribution is -2.31. The number of rotatable bonds is 5. The van der Waals surface area contributed by atoms with E-state index in [1.54, 1.807) is 7.11 Å². The van der Waals surface area contributed by atoms with E-state index in [-0.39, 0.29) is 17.9 Å². The molecule has 1 amide bonds. The molecule has 2 saturated heterocycles. The van der Waals surface area contributed by atoms with Crippen molar-refractivity contribution in [1.82, 2.24) is 19.6 Å². The number of methoxy groups -OCH3 is 1. The highest BCUT2D eigenvalue weighted by molar-refractivity contribution is 5.97. The van der Waals surface area contributed by atoms with Crippen LogP contribution in [-0.2, 0) is 11.8 Å². The molecule has 0 N–H and O–H groups in total. The summed E-state index contributed by atoms with van der Waals surface area (Å²) in [5.74, 6) is 2.37. The van der Waals surface area contributed by atoms with Gasteiger partial charge in [-0.2, -0.15) is 4.98 Å². The molecule has 2 aliphatic rings. The Bertz CT molecular complexity index is 1130. The highest BCUT2D eigenvalue weighted by Gasteiger charge is 2.36. The van der Waals surface area contributed by atoms with Crippen LogP contribution in [-0.4, -0.2) is 52.4 Å².